The molecule has 1 saturated carbocycles. The zero-order valence-corrected chi connectivity index (χ0v) is 15.3. The van der Waals surface area contributed by atoms with Crippen molar-refractivity contribution in [1.82, 2.24) is 0 Å². The van der Waals surface area contributed by atoms with Gasteiger partial charge in [-0.15, -0.1) is 0 Å². The lowest BCUT2D eigenvalue weighted by Gasteiger charge is -2.23. The molecule has 2 bridgehead atoms. The van der Waals surface area contributed by atoms with E-state index in [0.29, 0.717) is 24.3 Å². The van der Waals surface area contributed by atoms with E-state index in [0.717, 1.165) is 32.1 Å². The molecule has 0 spiro atoms. The Bertz CT molecular complexity index is 501. The van der Waals surface area contributed by atoms with Gasteiger partial charge in [0, 0.05) is 12.3 Å². The molecule has 140 valence electrons. The summed E-state index contributed by atoms with van der Waals surface area (Å²) in [6, 6.07) is 0.579. The zero-order chi connectivity index (χ0) is 18.1. The number of carbonyl (C=O) groups is 1. The normalized spacial score (nSPS) is 29.2. The van der Waals surface area contributed by atoms with Gasteiger partial charge in [-0.3, -0.25) is 4.79 Å². The van der Waals surface area contributed by atoms with Gasteiger partial charge in [0.2, 0.25) is 0 Å². The second kappa shape index (κ2) is 10.5. The number of hydrogen-bond donors (Lipinski definition) is 2. The van der Waals surface area contributed by atoms with Crippen LogP contribution in [0, 0.1) is 11.8 Å². The van der Waals surface area contributed by atoms with Gasteiger partial charge in [0.25, 0.3) is 0 Å². The van der Waals surface area contributed by atoms with Crippen LogP contribution in [0.25, 0.3) is 0 Å². The Hall–Kier alpha value is -1.49. The van der Waals surface area contributed by atoms with E-state index in [1.165, 1.54) is 12.8 Å². The standard InChI is InChI=1S/C20H32N2O3/c1-2-3-6-9-15(23)12-13-17-16(18-14-19(17)22-21-18)10-7-4-5-8-11-20(24)25/h4,7,12-13,15-19,23H,2-3,5-6,8-11,14H2,1H3,(H,24,25)/t15-,16+,17+,18-,19+/m0/s1. The molecular weight excluding hydrogens is 316 g/mol. The lowest BCUT2D eigenvalue weighted by atomic mass is 9.87. The first-order valence-corrected chi connectivity index (χ1v) is 9.75. The van der Waals surface area contributed by atoms with Crippen LogP contribution in [-0.4, -0.2) is 34.4 Å². The molecule has 2 N–H and O–H groups in total. The Morgan fingerprint density at radius 3 is 2.76 bits per heavy atom. The number of nitrogens with zero attached hydrogens (tertiary/aromatic N) is 2. The number of aliphatic hydroxyl groups is 1. The number of allylic oxidation sites excluding steroid dienone is 2. The van der Waals surface area contributed by atoms with Crippen LogP contribution >= 0.6 is 0 Å². The Balaban J connectivity index is 1.79. The predicted octanol–water partition coefficient (Wildman–Crippen LogP) is 4.52. The van der Waals surface area contributed by atoms with Crippen LogP contribution < -0.4 is 0 Å². The molecule has 0 radical (unpaired) electrons. The zero-order valence-electron chi connectivity index (χ0n) is 15.3. The maximum atomic E-state index is 10.5. The number of azo groups is 1. The highest BCUT2D eigenvalue weighted by molar-refractivity contribution is 5.66. The van der Waals surface area contributed by atoms with Crippen LogP contribution in [0.2, 0.25) is 0 Å². The number of carboxylic acid groups (broad SMARTS) is 1. The first-order chi connectivity index (χ1) is 12.1. The highest BCUT2D eigenvalue weighted by Crippen LogP contribution is 2.44. The van der Waals surface area contributed by atoms with E-state index in [4.69, 9.17) is 5.11 Å². The van der Waals surface area contributed by atoms with Crippen LogP contribution in [0.15, 0.2) is 34.5 Å². The van der Waals surface area contributed by atoms with Crippen molar-refractivity contribution in [2.45, 2.75) is 82.9 Å². The molecule has 1 aliphatic heterocycles. The van der Waals surface area contributed by atoms with Crippen molar-refractivity contribution in [1.29, 1.82) is 0 Å². The van der Waals surface area contributed by atoms with Crippen molar-refractivity contribution in [3.05, 3.63) is 24.3 Å². The van der Waals surface area contributed by atoms with Gasteiger partial charge in [0.15, 0.2) is 0 Å². The summed E-state index contributed by atoms with van der Waals surface area (Å²) < 4.78 is 0. The fourth-order valence-electron chi connectivity index (χ4n) is 3.83. The maximum absolute atomic E-state index is 10.5. The summed E-state index contributed by atoms with van der Waals surface area (Å²) in [5.74, 6) is 0.0916. The summed E-state index contributed by atoms with van der Waals surface area (Å²) in [5, 5.41) is 27.5. The van der Waals surface area contributed by atoms with Crippen LogP contribution in [0.1, 0.15) is 64.7 Å². The fourth-order valence-corrected chi connectivity index (χ4v) is 3.83. The molecule has 5 atom stereocenters. The van der Waals surface area contributed by atoms with Gasteiger partial charge in [0.1, 0.15) is 0 Å². The number of rotatable bonds is 12. The molecule has 1 fully saturated rings. The van der Waals surface area contributed by atoms with E-state index < -0.39 is 5.97 Å². The number of aliphatic hydroxyl groups excluding tert-OH is 1. The van der Waals surface area contributed by atoms with Crippen molar-refractivity contribution in [2.24, 2.45) is 22.1 Å². The van der Waals surface area contributed by atoms with Crippen LogP contribution in [0.3, 0.4) is 0 Å². The lowest BCUT2D eigenvalue weighted by molar-refractivity contribution is -0.137. The molecule has 1 aliphatic carbocycles. The molecule has 0 saturated heterocycles. The number of unbranched alkanes of at least 4 members (excludes halogenated alkanes) is 3. The van der Waals surface area contributed by atoms with E-state index in [2.05, 4.69) is 35.4 Å². The molecule has 0 aromatic rings. The monoisotopic (exact) mass is 348 g/mol. The minimum atomic E-state index is -0.732. The molecular formula is C20H32N2O3. The largest absolute Gasteiger partial charge is 0.481 e. The lowest BCUT2D eigenvalue weighted by Crippen LogP contribution is -2.22. The van der Waals surface area contributed by atoms with Crippen molar-refractivity contribution < 1.29 is 15.0 Å². The van der Waals surface area contributed by atoms with E-state index in [-0.39, 0.29) is 18.6 Å². The highest BCUT2D eigenvalue weighted by atomic mass is 16.4. The van der Waals surface area contributed by atoms with Crippen molar-refractivity contribution >= 4 is 5.97 Å². The first-order valence-electron chi connectivity index (χ1n) is 9.75. The van der Waals surface area contributed by atoms with Crippen molar-refractivity contribution in [2.75, 3.05) is 0 Å². The average Bonchev–Trinajstić information content (AvgIpc) is 3.17. The van der Waals surface area contributed by atoms with E-state index >= 15 is 0 Å². The predicted molar refractivity (Wildman–Crippen MR) is 98.6 cm³/mol. The number of carboxylic acids is 1. The molecule has 1 heterocycles. The van der Waals surface area contributed by atoms with Crippen LogP contribution in [0.5, 0.6) is 0 Å². The SMILES string of the molecule is CCCCC[C@H](O)C=C[C@@H]1[C@@H](CC=CCCCC(=O)O)[C@@H]2C[C@H]1N=N2. The number of hydrogen-bond acceptors (Lipinski definition) is 4. The van der Waals surface area contributed by atoms with E-state index in [1.54, 1.807) is 0 Å². The summed E-state index contributed by atoms with van der Waals surface area (Å²) in [6.45, 7) is 2.17. The molecule has 2 aliphatic rings. The second-order valence-corrected chi connectivity index (χ2v) is 7.28. The summed E-state index contributed by atoms with van der Waals surface area (Å²) in [6.07, 6.45) is 16.0. The molecule has 5 heteroatoms. The molecule has 0 aromatic carbocycles. The van der Waals surface area contributed by atoms with Gasteiger partial charge in [-0.1, -0.05) is 50.5 Å². The Morgan fingerprint density at radius 2 is 2.00 bits per heavy atom. The number of aliphatic carboxylic acids is 1. The van der Waals surface area contributed by atoms with Crippen molar-refractivity contribution in [3.63, 3.8) is 0 Å². The van der Waals surface area contributed by atoms with Crippen molar-refractivity contribution in [3.8, 4) is 0 Å². The van der Waals surface area contributed by atoms with Gasteiger partial charge in [-0.25, -0.2) is 0 Å². The average molecular weight is 348 g/mol. The molecule has 0 unspecified atom stereocenters. The molecule has 0 aromatic heterocycles. The smallest absolute Gasteiger partial charge is 0.303 e. The summed E-state index contributed by atoms with van der Waals surface area (Å²) >= 11 is 0. The first kappa shape index (κ1) is 19.8. The third-order valence-corrected chi connectivity index (χ3v) is 5.27. The third kappa shape index (κ3) is 6.38. The number of fused-ring (bicyclic) bond motifs is 2. The Morgan fingerprint density at radius 1 is 1.20 bits per heavy atom. The Kier molecular flexibility index (Phi) is 8.32. The van der Waals surface area contributed by atoms with E-state index in [1.807, 2.05) is 6.08 Å². The molecule has 0 amide bonds. The van der Waals surface area contributed by atoms with Crippen LogP contribution in [-0.2, 0) is 4.79 Å². The maximum Gasteiger partial charge on any atom is 0.303 e. The van der Waals surface area contributed by atoms with Gasteiger partial charge >= 0.3 is 5.97 Å². The third-order valence-electron chi connectivity index (χ3n) is 5.27. The van der Waals surface area contributed by atoms with Gasteiger partial charge in [0.05, 0.1) is 18.2 Å². The molecule has 2 rings (SSSR count). The van der Waals surface area contributed by atoms with E-state index in [9.17, 15) is 9.90 Å². The quantitative estimate of drug-likeness (QED) is 0.402. The minimum Gasteiger partial charge on any atom is -0.481 e. The van der Waals surface area contributed by atoms with Gasteiger partial charge in [-0.2, -0.15) is 10.2 Å². The fraction of sp³-hybridized carbons (Fsp3) is 0.750. The minimum absolute atomic E-state index is 0.230. The summed E-state index contributed by atoms with van der Waals surface area (Å²) in [5.41, 5.74) is 0. The Labute approximate surface area is 150 Å². The summed E-state index contributed by atoms with van der Waals surface area (Å²) in [7, 11) is 0. The molecule has 25 heavy (non-hydrogen) atoms. The van der Waals surface area contributed by atoms with Gasteiger partial charge < -0.3 is 10.2 Å². The molecule has 5 nitrogen and oxygen atoms in total. The highest BCUT2D eigenvalue weighted by Gasteiger charge is 2.45. The topological polar surface area (TPSA) is 82.2 Å². The second-order valence-electron chi connectivity index (χ2n) is 7.28. The summed E-state index contributed by atoms with van der Waals surface area (Å²) in [4.78, 5) is 10.5. The van der Waals surface area contributed by atoms with Crippen LogP contribution in [0.4, 0.5) is 0 Å². The van der Waals surface area contributed by atoms with Gasteiger partial charge in [-0.05, 0) is 38.0 Å².